The molecule has 0 saturated carbocycles. The number of aliphatic imine (C=N–C) groups is 1. The molecule has 0 saturated heterocycles. The van der Waals surface area contributed by atoms with Crippen molar-refractivity contribution in [3.8, 4) is 5.75 Å². The summed E-state index contributed by atoms with van der Waals surface area (Å²) in [5, 5.41) is 6.61. The van der Waals surface area contributed by atoms with E-state index in [4.69, 9.17) is 16.3 Å². The van der Waals surface area contributed by atoms with Crippen LogP contribution in [0.25, 0.3) is 0 Å². The molecule has 0 radical (unpaired) electrons. The molecule has 0 aliphatic rings. The van der Waals surface area contributed by atoms with E-state index in [-0.39, 0.29) is 35.0 Å². The highest BCUT2D eigenvalue weighted by molar-refractivity contribution is 7.90. The number of ether oxygens (including phenoxy) is 1. The second-order valence-electron chi connectivity index (χ2n) is 8.17. The van der Waals surface area contributed by atoms with Gasteiger partial charge in [0, 0.05) is 32.3 Å². The highest BCUT2D eigenvalue weighted by atomic mass is 32.2. The van der Waals surface area contributed by atoms with E-state index in [2.05, 4.69) is 22.5 Å². The van der Waals surface area contributed by atoms with Gasteiger partial charge in [0.2, 0.25) is 0 Å². The topological polar surface area (TPSA) is 169 Å². The fourth-order valence-corrected chi connectivity index (χ4v) is 3.98. The Labute approximate surface area is 217 Å². The number of carbonyl (C=O) groups excluding carboxylic acids is 2. The van der Waals surface area contributed by atoms with Gasteiger partial charge in [0.05, 0.1) is 30.2 Å². The molecule has 2 amide bonds. The molecule has 2 rings (SSSR count). The van der Waals surface area contributed by atoms with Crippen molar-refractivity contribution in [1.82, 2.24) is 15.6 Å². The Morgan fingerprint density at radius 3 is 2.43 bits per heavy atom. The van der Waals surface area contributed by atoms with E-state index < -0.39 is 27.7 Å². The molecule has 37 heavy (non-hydrogen) atoms. The Kier molecular flexibility index (Phi) is 10.6. The number of aryl methyl sites for hydroxylation is 1. The summed E-state index contributed by atoms with van der Waals surface area (Å²) in [6.07, 6.45) is 4.82. The van der Waals surface area contributed by atoms with Crippen molar-refractivity contribution in [3.63, 3.8) is 0 Å². The maximum absolute atomic E-state index is 12.6. The average Bonchev–Trinajstić information content (AvgIpc) is 2.87. The van der Waals surface area contributed by atoms with Crippen LogP contribution in [0.3, 0.4) is 0 Å². The summed E-state index contributed by atoms with van der Waals surface area (Å²) in [7, 11) is -0.513. The smallest absolute Gasteiger partial charge is 0.269 e. The van der Waals surface area contributed by atoms with Crippen molar-refractivity contribution in [2.24, 2.45) is 16.6 Å². The monoisotopic (exact) mass is 530 g/mol. The molecule has 2 aromatic rings. The van der Waals surface area contributed by atoms with E-state index in [1.54, 1.807) is 13.3 Å². The van der Waals surface area contributed by atoms with Gasteiger partial charge >= 0.3 is 0 Å². The van der Waals surface area contributed by atoms with E-state index in [0.717, 1.165) is 23.2 Å². The summed E-state index contributed by atoms with van der Waals surface area (Å²) in [4.78, 5) is 29.3. The fourth-order valence-electron chi connectivity index (χ4n) is 3.33. The Bertz CT molecular complexity index is 1260. The van der Waals surface area contributed by atoms with Gasteiger partial charge in [-0.2, -0.15) is 0 Å². The maximum Gasteiger partial charge on any atom is 0.269 e. The zero-order chi connectivity index (χ0) is 27.6. The summed E-state index contributed by atoms with van der Waals surface area (Å²) in [5.41, 5.74) is 7.89. The number of carbonyl (C=O) groups is 2. The molecule has 1 atom stereocenters. The molecule has 0 spiro atoms. The van der Waals surface area contributed by atoms with Crippen LogP contribution < -0.4 is 26.9 Å². The molecule has 12 heteroatoms. The quantitative estimate of drug-likeness (QED) is 0.136. The van der Waals surface area contributed by atoms with Crippen LogP contribution >= 0.6 is 0 Å². The van der Waals surface area contributed by atoms with E-state index in [0.29, 0.717) is 0 Å². The highest BCUT2D eigenvalue weighted by Crippen LogP contribution is 2.22. The summed E-state index contributed by atoms with van der Waals surface area (Å²) in [5.74, 6) is 5.07. The minimum atomic E-state index is -3.50. The first-order chi connectivity index (χ1) is 17.5. The Morgan fingerprint density at radius 1 is 1.19 bits per heavy atom. The molecular weight excluding hydrogens is 496 g/mol. The zero-order valence-electron chi connectivity index (χ0n) is 21.4. The largest absolute Gasteiger partial charge is 0.496 e. The number of hydrogen-bond acceptors (Lipinski definition) is 9. The normalized spacial score (nSPS) is 12.7. The number of benzene rings is 2. The van der Waals surface area contributed by atoms with Crippen LogP contribution in [0.5, 0.6) is 5.75 Å². The molecule has 0 bridgehead atoms. The minimum Gasteiger partial charge on any atom is -0.496 e. The first-order valence-corrected chi connectivity index (χ1v) is 13.4. The number of nitrogens with zero attached hydrogens (tertiary/aromatic N) is 2. The number of nitrogens with two attached hydrogens (primary N) is 2. The first-order valence-electron chi connectivity index (χ1n) is 11.5. The van der Waals surface area contributed by atoms with Crippen LogP contribution in [0.15, 0.2) is 64.2 Å². The van der Waals surface area contributed by atoms with Gasteiger partial charge < -0.3 is 26.1 Å². The number of nitrogens with one attached hydrogen (secondary N) is 2. The summed E-state index contributed by atoms with van der Waals surface area (Å²) in [6, 6.07) is 11.4. The lowest BCUT2D eigenvalue weighted by Gasteiger charge is -2.18. The third-order valence-corrected chi connectivity index (χ3v) is 6.51. The van der Waals surface area contributed by atoms with Crippen LogP contribution in [-0.4, -0.2) is 65.0 Å². The molecule has 6 N–H and O–H groups in total. The van der Waals surface area contributed by atoms with Crippen LogP contribution in [0, 0.1) is 0 Å². The number of hydrazine groups is 1. The van der Waals surface area contributed by atoms with Crippen molar-refractivity contribution < 1.29 is 22.7 Å². The molecule has 200 valence electrons. The van der Waals surface area contributed by atoms with Crippen LogP contribution in [0.2, 0.25) is 0 Å². The number of sulfone groups is 1. The molecule has 0 fully saturated rings. The third-order valence-electron chi connectivity index (χ3n) is 5.40. The highest BCUT2D eigenvalue weighted by Gasteiger charge is 2.18. The van der Waals surface area contributed by atoms with Crippen LogP contribution in [0.4, 0.5) is 0 Å². The SMILES string of the molecule is CCc1ccc(C(C=NC)NC(=O)/C(N)=C/N(N)CCNC(=O)c2cc(S(C)(=O)=O)ccc2OC)cc1. The molecule has 1 unspecified atom stereocenters. The lowest BCUT2D eigenvalue weighted by atomic mass is 10.0. The van der Waals surface area contributed by atoms with Crippen LogP contribution in [-0.2, 0) is 21.1 Å². The minimum absolute atomic E-state index is 0.00616. The lowest BCUT2D eigenvalue weighted by Crippen LogP contribution is -2.38. The Hall–Kier alpha value is -3.90. The molecular formula is C25H34N6O5S. The molecule has 0 aromatic heterocycles. The van der Waals surface area contributed by atoms with Crippen molar-refractivity contribution in [2.45, 2.75) is 24.3 Å². The average molecular weight is 531 g/mol. The maximum atomic E-state index is 12.6. The van der Waals surface area contributed by atoms with Crippen molar-refractivity contribution in [2.75, 3.05) is 33.5 Å². The van der Waals surface area contributed by atoms with Gasteiger partial charge in [-0.05, 0) is 35.7 Å². The van der Waals surface area contributed by atoms with Gasteiger partial charge in [0.15, 0.2) is 9.84 Å². The second kappa shape index (κ2) is 13.4. The second-order valence-corrected chi connectivity index (χ2v) is 10.2. The molecule has 0 aliphatic heterocycles. The summed E-state index contributed by atoms with van der Waals surface area (Å²) in [6.45, 7) is 2.26. The van der Waals surface area contributed by atoms with Gasteiger partial charge in [-0.1, -0.05) is 31.2 Å². The Morgan fingerprint density at radius 2 is 1.86 bits per heavy atom. The summed E-state index contributed by atoms with van der Waals surface area (Å²) < 4.78 is 28.8. The molecule has 0 aliphatic carbocycles. The first kappa shape index (κ1) is 29.3. The van der Waals surface area contributed by atoms with E-state index >= 15 is 0 Å². The Balaban J connectivity index is 1.98. The fraction of sp³-hybridized carbons (Fsp3) is 0.320. The van der Waals surface area contributed by atoms with E-state index in [1.165, 1.54) is 37.1 Å². The van der Waals surface area contributed by atoms with Crippen molar-refractivity contribution in [1.29, 1.82) is 0 Å². The van der Waals surface area contributed by atoms with Gasteiger partial charge in [-0.15, -0.1) is 0 Å². The number of amides is 2. The van der Waals surface area contributed by atoms with Crippen LogP contribution in [0.1, 0.15) is 34.5 Å². The van der Waals surface area contributed by atoms with E-state index in [9.17, 15) is 18.0 Å². The van der Waals surface area contributed by atoms with Gasteiger partial charge in [0.25, 0.3) is 11.8 Å². The zero-order valence-corrected chi connectivity index (χ0v) is 22.2. The number of methoxy groups -OCH3 is 1. The predicted molar refractivity (Wildman–Crippen MR) is 143 cm³/mol. The molecule has 2 aromatic carbocycles. The third kappa shape index (κ3) is 8.62. The number of hydrogen-bond donors (Lipinski definition) is 4. The van der Waals surface area contributed by atoms with Crippen molar-refractivity contribution in [3.05, 3.63) is 71.1 Å². The van der Waals surface area contributed by atoms with Gasteiger partial charge in [0.1, 0.15) is 11.4 Å². The van der Waals surface area contributed by atoms with E-state index in [1.807, 2.05) is 24.3 Å². The standard InChI is InChI=1S/C25H34N6O5S/c1-5-17-6-8-18(9-7-17)22(15-28-2)30-25(33)21(26)16-31(27)13-12-29-24(32)20-14-19(37(4,34)35)10-11-23(20)36-3/h6-11,14-16,22H,5,12-13,26-27H2,1-4H3,(H,29,32)(H,30,33)/b21-16-,28-15?. The molecule has 0 heterocycles. The van der Waals surface area contributed by atoms with Gasteiger partial charge in [-0.25, -0.2) is 14.3 Å². The predicted octanol–water partition coefficient (Wildman–Crippen LogP) is 0.925. The summed E-state index contributed by atoms with van der Waals surface area (Å²) >= 11 is 0. The molecule has 11 nitrogen and oxygen atoms in total. The lowest BCUT2D eigenvalue weighted by molar-refractivity contribution is -0.118. The van der Waals surface area contributed by atoms with Gasteiger partial charge in [-0.3, -0.25) is 14.6 Å². The number of rotatable bonds is 12. The van der Waals surface area contributed by atoms with Crippen molar-refractivity contribution >= 4 is 27.9 Å².